The Balaban J connectivity index is 0.00000100. The van der Waals surface area contributed by atoms with E-state index in [2.05, 4.69) is 148 Å². The average molecular weight is 597 g/mol. The van der Waals surface area contributed by atoms with Gasteiger partial charge in [-0.15, -0.1) is 0 Å². The summed E-state index contributed by atoms with van der Waals surface area (Å²) >= 11 is 0. The maximum Gasteiger partial charge on any atom is 0.0101 e. The lowest BCUT2D eigenvalue weighted by Crippen LogP contribution is -2.05. The highest BCUT2D eigenvalue weighted by molar-refractivity contribution is 6.07. The summed E-state index contributed by atoms with van der Waals surface area (Å²) in [5, 5.41) is 5.40. The summed E-state index contributed by atoms with van der Waals surface area (Å²) in [7, 11) is 0. The van der Waals surface area contributed by atoms with Crippen molar-refractivity contribution in [3.63, 3.8) is 0 Å². The highest BCUT2D eigenvalue weighted by Crippen LogP contribution is 2.51. The Hall–Kier alpha value is -4.42. The van der Waals surface area contributed by atoms with Crippen LogP contribution in [0.25, 0.3) is 27.1 Å². The van der Waals surface area contributed by atoms with Gasteiger partial charge in [-0.2, -0.15) is 0 Å². The molecule has 0 saturated heterocycles. The molecule has 0 amide bonds. The van der Waals surface area contributed by atoms with Crippen LogP contribution < -0.4 is 0 Å². The molecule has 0 aliphatic heterocycles. The first kappa shape index (κ1) is 29.0. The van der Waals surface area contributed by atoms with Crippen LogP contribution in [-0.4, -0.2) is 0 Å². The Kier molecular flexibility index (Phi) is 7.61. The van der Waals surface area contributed by atoms with Crippen LogP contribution in [0, 0.1) is 18.8 Å². The summed E-state index contributed by atoms with van der Waals surface area (Å²) in [6.07, 6.45) is 17.9. The second kappa shape index (κ2) is 12.1. The highest BCUT2D eigenvalue weighted by atomic mass is 14.4. The minimum Gasteiger partial charge on any atom is -0.0836 e. The fraction of sp³-hybridized carbons (Fsp3) is 0.261. The lowest BCUT2D eigenvalue weighted by atomic mass is 9.84. The third-order valence-electron chi connectivity index (χ3n) is 10.6. The van der Waals surface area contributed by atoms with Gasteiger partial charge in [0.15, 0.2) is 0 Å². The van der Waals surface area contributed by atoms with Gasteiger partial charge in [0.25, 0.3) is 0 Å². The van der Waals surface area contributed by atoms with E-state index in [-0.39, 0.29) is 0 Å². The SMILES string of the molecule is CCC.Cc1ccccc1C1=CC2CC2C=C1Cc1ccc2c(ccc3cc(CC4C5=CC=CCC5c5ccccc54)ccc32)c1. The molecule has 0 heterocycles. The molecule has 0 aromatic heterocycles. The fourth-order valence-corrected chi connectivity index (χ4v) is 8.31. The standard InChI is InChI=1S/C43H36.C3H8/c1-27-8-2-3-9-35(27)42-26-33-24-32(33)25-34(42)22-28-14-18-36-30(20-28)16-17-31-21-29(15-19-37(31)36)23-43-40-12-6-4-10-38(40)39-11-5-7-13-41(39)43;1-3-2/h2-10,12-21,25-26,32-33,39,43H,11,22-24H2,1H3;3H2,1-2H3. The molecule has 5 aromatic rings. The number of rotatable bonds is 5. The first-order valence-corrected chi connectivity index (χ1v) is 17.5. The smallest absolute Gasteiger partial charge is 0.0101 e. The summed E-state index contributed by atoms with van der Waals surface area (Å²) < 4.78 is 0. The van der Waals surface area contributed by atoms with E-state index in [1.807, 2.05) is 0 Å². The van der Waals surface area contributed by atoms with Crippen molar-refractivity contribution in [2.75, 3.05) is 0 Å². The minimum absolute atomic E-state index is 0.477. The van der Waals surface area contributed by atoms with Gasteiger partial charge < -0.3 is 0 Å². The molecule has 46 heavy (non-hydrogen) atoms. The van der Waals surface area contributed by atoms with E-state index < -0.39 is 0 Å². The van der Waals surface area contributed by atoms with Gasteiger partial charge in [0.05, 0.1) is 0 Å². The maximum atomic E-state index is 2.57. The first-order valence-electron chi connectivity index (χ1n) is 17.5. The van der Waals surface area contributed by atoms with Crippen molar-refractivity contribution in [1.82, 2.24) is 0 Å². The van der Waals surface area contributed by atoms with Gasteiger partial charge >= 0.3 is 0 Å². The molecule has 4 unspecified atom stereocenters. The van der Waals surface area contributed by atoms with E-state index in [1.165, 1.54) is 78.9 Å². The molecule has 0 radical (unpaired) electrons. The second-order valence-corrected chi connectivity index (χ2v) is 14.0. The number of fused-ring (bicyclic) bond motifs is 7. The monoisotopic (exact) mass is 596 g/mol. The van der Waals surface area contributed by atoms with Crippen molar-refractivity contribution in [2.45, 2.75) is 64.7 Å². The van der Waals surface area contributed by atoms with Crippen molar-refractivity contribution in [3.05, 3.63) is 172 Å². The molecule has 4 aliphatic carbocycles. The van der Waals surface area contributed by atoms with Gasteiger partial charge in [0.2, 0.25) is 0 Å². The lowest BCUT2D eigenvalue weighted by molar-refractivity contribution is 0.737. The van der Waals surface area contributed by atoms with Crippen molar-refractivity contribution in [2.24, 2.45) is 11.8 Å². The van der Waals surface area contributed by atoms with Gasteiger partial charge in [0, 0.05) is 11.8 Å². The van der Waals surface area contributed by atoms with Gasteiger partial charge in [-0.3, -0.25) is 0 Å². The zero-order valence-electron chi connectivity index (χ0n) is 27.5. The van der Waals surface area contributed by atoms with Gasteiger partial charge in [0.1, 0.15) is 0 Å². The molecule has 0 heteroatoms. The zero-order valence-corrected chi connectivity index (χ0v) is 27.5. The molecule has 9 rings (SSSR count). The molecule has 4 atom stereocenters. The van der Waals surface area contributed by atoms with Gasteiger partial charge in [-0.25, -0.2) is 0 Å². The van der Waals surface area contributed by atoms with Crippen LogP contribution in [-0.2, 0) is 12.8 Å². The fourth-order valence-electron chi connectivity index (χ4n) is 8.31. The van der Waals surface area contributed by atoms with E-state index in [1.54, 1.807) is 5.57 Å². The van der Waals surface area contributed by atoms with E-state index in [9.17, 15) is 0 Å². The number of hydrogen-bond donors (Lipinski definition) is 0. The van der Waals surface area contributed by atoms with Crippen molar-refractivity contribution < 1.29 is 0 Å². The Morgan fingerprint density at radius 3 is 2.15 bits per heavy atom. The molecule has 0 bridgehead atoms. The highest BCUT2D eigenvalue weighted by Gasteiger charge is 2.38. The van der Waals surface area contributed by atoms with Gasteiger partial charge in [-0.05, 0) is 111 Å². The molecule has 5 aromatic carbocycles. The Labute approximate surface area is 274 Å². The van der Waals surface area contributed by atoms with Crippen LogP contribution in [0.2, 0.25) is 0 Å². The van der Waals surface area contributed by atoms with Crippen LogP contribution in [0.5, 0.6) is 0 Å². The molecule has 1 fully saturated rings. The number of benzene rings is 5. The molecular weight excluding hydrogens is 553 g/mol. The molecule has 0 spiro atoms. The average Bonchev–Trinajstić information content (AvgIpc) is 3.78. The number of hydrogen-bond acceptors (Lipinski definition) is 0. The van der Waals surface area contributed by atoms with Crippen LogP contribution in [0.15, 0.2) is 139 Å². The molecular formula is C46H44. The maximum absolute atomic E-state index is 2.57. The lowest BCUT2D eigenvalue weighted by Gasteiger charge is -2.19. The number of aryl methyl sites for hydroxylation is 1. The summed E-state index contributed by atoms with van der Waals surface area (Å²) in [6, 6.07) is 37.0. The third-order valence-corrected chi connectivity index (χ3v) is 10.6. The topological polar surface area (TPSA) is 0 Å². The van der Waals surface area contributed by atoms with Crippen LogP contribution in [0.3, 0.4) is 0 Å². The zero-order chi connectivity index (χ0) is 31.2. The minimum atomic E-state index is 0.477. The van der Waals surface area contributed by atoms with Crippen molar-refractivity contribution in [1.29, 1.82) is 0 Å². The summed E-state index contributed by atoms with van der Waals surface area (Å²) in [5.41, 5.74) is 13.2. The molecule has 0 N–H and O–H groups in total. The first-order chi connectivity index (χ1) is 22.6. The van der Waals surface area contributed by atoms with Gasteiger partial charge in [-0.1, -0.05) is 153 Å². The summed E-state index contributed by atoms with van der Waals surface area (Å²) in [5.74, 6) is 2.52. The van der Waals surface area contributed by atoms with E-state index in [4.69, 9.17) is 0 Å². The largest absolute Gasteiger partial charge is 0.0836 e. The Morgan fingerprint density at radius 1 is 0.696 bits per heavy atom. The van der Waals surface area contributed by atoms with Crippen molar-refractivity contribution >= 4 is 27.1 Å². The molecule has 0 nitrogen and oxygen atoms in total. The molecule has 4 aliphatic rings. The van der Waals surface area contributed by atoms with E-state index in [0.29, 0.717) is 11.8 Å². The molecule has 228 valence electrons. The Morgan fingerprint density at radius 2 is 1.37 bits per heavy atom. The predicted molar refractivity (Wildman–Crippen MR) is 197 cm³/mol. The van der Waals surface area contributed by atoms with E-state index >= 15 is 0 Å². The molecule has 1 saturated carbocycles. The number of allylic oxidation sites excluding steroid dienone is 8. The van der Waals surface area contributed by atoms with Crippen LogP contribution in [0.4, 0.5) is 0 Å². The van der Waals surface area contributed by atoms with Crippen LogP contribution in [0.1, 0.15) is 78.3 Å². The van der Waals surface area contributed by atoms with E-state index in [0.717, 1.165) is 31.1 Å². The predicted octanol–water partition coefficient (Wildman–Crippen LogP) is 12.2. The normalized spacial score (nSPS) is 22.2. The summed E-state index contributed by atoms with van der Waals surface area (Å²) in [4.78, 5) is 0. The Bertz CT molecular complexity index is 2080. The third kappa shape index (κ3) is 5.28. The quantitative estimate of drug-likeness (QED) is 0.177. The van der Waals surface area contributed by atoms with Crippen molar-refractivity contribution in [3.8, 4) is 0 Å². The summed E-state index contributed by atoms with van der Waals surface area (Å²) in [6.45, 7) is 6.49. The van der Waals surface area contributed by atoms with Crippen LogP contribution >= 0.6 is 0 Å². The second-order valence-electron chi connectivity index (χ2n) is 14.0.